The van der Waals surface area contributed by atoms with E-state index in [0.717, 1.165) is 25.3 Å². The Bertz CT molecular complexity index is 590. The molecule has 1 aromatic heterocycles. The Labute approximate surface area is 136 Å². The van der Waals surface area contributed by atoms with Crippen molar-refractivity contribution in [3.63, 3.8) is 0 Å². The zero-order chi connectivity index (χ0) is 15.8. The SMILES string of the molecule is CCc1cnc(CCNC(=NCc2ccccc2)N(C)C)s1. The third-order valence-electron chi connectivity index (χ3n) is 3.25. The molecular weight excluding hydrogens is 292 g/mol. The van der Waals surface area contributed by atoms with Crippen LogP contribution in [0.25, 0.3) is 0 Å². The summed E-state index contributed by atoms with van der Waals surface area (Å²) in [7, 11) is 4.02. The minimum atomic E-state index is 0.693. The van der Waals surface area contributed by atoms with Gasteiger partial charge in [-0.25, -0.2) is 9.98 Å². The van der Waals surface area contributed by atoms with Gasteiger partial charge in [0, 0.05) is 38.1 Å². The molecule has 118 valence electrons. The van der Waals surface area contributed by atoms with Gasteiger partial charge in [-0.1, -0.05) is 37.3 Å². The fraction of sp³-hybridized carbons (Fsp3) is 0.412. The van der Waals surface area contributed by atoms with E-state index in [0.29, 0.717) is 6.54 Å². The third kappa shape index (κ3) is 5.15. The van der Waals surface area contributed by atoms with Gasteiger partial charge in [-0.2, -0.15) is 0 Å². The molecule has 0 unspecified atom stereocenters. The Balaban J connectivity index is 1.86. The van der Waals surface area contributed by atoms with Crippen molar-refractivity contribution in [2.45, 2.75) is 26.3 Å². The van der Waals surface area contributed by atoms with E-state index in [-0.39, 0.29) is 0 Å². The number of nitrogens with one attached hydrogen (secondary N) is 1. The summed E-state index contributed by atoms with van der Waals surface area (Å²) in [6.45, 7) is 3.71. The van der Waals surface area contributed by atoms with Gasteiger partial charge < -0.3 is 10.2 Å². The summed E-state index contributed by atoms with van der Waals surface area (Å²) >= 11 is 1.80. The molecule has 0 aliphatic carbocycles. The van der Waals surface area contributed by atoms with Crippen molar-refractivity contribution in [2.24, 2.45) is 4.99 Å². The predicted molar refractivity (Wildman–Crippen MR) is 94.5 cm³/mol. The fourth-order valence-corrected chi connectivity index (χ4v) is 2.88. The zero-order valence-corrected chi connectivity index (χ0v) is 14.4. The lowest BCUT2D eigenvalue weighted by molar-refractivity contribution is 0.579. The molecule has 2 rings (SSSR count). The van der Waals surface area contributed by atoms with Crippen molar-refractivity contribution in [3.05, 3.63) is 52.0 Å². The van der Waals surface area contributed by atoms with Crippen molar-refractivity contribution in [1.82, 2.24) is 15.2 Å². The second-order valence-electron chi connectivity index (χ2n) is 5.27. The van der Waals surface area contributed by atoms with Gasteiger partial charge >= 0.3 is 0 Å². The molecule has 0 spiro atoms. The molecule has 0 aliphatic heterocycles. The molecule has 2 aromatic rings. The number of rotatable bonds is 6. The number of aliphatic imine (C=N–C) groups is 1. The molecule has 1 aromatic carbocycles. The Kier molecular flexibility index (Phi) is 6.40. The first-order chi connectivity index (χ1) is 10.7. The van der Waals surface area contributed by atoms with Crippen molar-refractivity contribution in [3.8, 4) is 0 Å². The Morgan fingerprint density at radius 2 is 2.05 bits per heavy atom. The number of nitrogens with zero attached hydrogens (tertiary/aromatic N) is 3. The maximum absolute atomic E-state index is 4.66. The number of aryl methyl sites for hydroxylation is 1. The normalized spacial score (nSPS) is 11.5. The van der Waals surface area contributed by atoms with Crippen LogP contribution in [0.4, 0.5) is 0 Å². The first-order valence-corrected chi connectivity index (χ1v) is 8.44. The van der Waals surface area contributed by atoms with Gasteiger partial charge in [0.05, 0.1) is 11.6 Å². The molecule has 22 heavy (non-hydrogen) atoms. The van der Waals surface area contributed by atoms with Crippen LogP contribution in [0.2, 0.25) is 0 Å². The van der Waals surface area contributed by atoms with Gasteiger partial charge in [-0.3, -0.25) is 0 Å². The van der Waals surface area contributed by atoms with Crippen LogP contribution in [-0.4, -0.2) is 36.5 Å². The zero-order valence-electron chi connectivity index (χ0n) is 13.5. The van der Waals surface area contributed by atoms with Crippen molar-refractivity contribution in [2.75, 3.05) is 20.6 Å². The quantitative estimate of drug-likeness (QED) is 0.658. The first kappa shape index (κ1) is 16.5. The van der Waals surface area contributed by atoms with Gasteiger partial charge in [0.1, 0.15) is 0 Å². The van der Waals surface area contributed by atoms with Gasteiger partial charge in [0.15, 0.2) is 5.96 Å². The minimum absolute atomic E-state index is 0.693. The standard InChI is InChI=1S/C17H24N4S/c1-4-15-13-19-16(22-15)10-11-18-17(21(2)3)20-12-14-8-6-5-7-9-14/h5-9,13H,4,10-12H2,1-3H3,(H,18,20). The van der Waals surface area contributed by atoms with Crippen LogP contribution < -0.4 is 5.32 Å². The van der Waals surface area contributed by atoms with Crippen molar-refractivity contribution in [1.29, 1.82) is 0 Å². The number of aromatic nitrogens is 1. The topological polar surface area (TPSA) is 40.5 Å². The van der Waals surface area contributed by atoms with Crippen LogP contribution >= 0.6 is 11.3 Å². The van der Waals surface area contributed by atoms with E-state index in [1.807, 2.05) is 43.4 Å². The molecule has 0 saturated carbocycles. The summed E-state index contributed by atoms with van der Waals surface area (Å²) in [6, 6.07) is 10.3. The number of thiazole rings is 1. The number of hydrogen-bond acceptors (Lipinski definition) is 3. The van der Waals surface area contributed by atoms with E-state index in [4.69, 9.17) is 0 Å². The molecule has 0 fully saturated rings. The molecule has 5 heteroatoms. The third-order valence-corrected chi connectivity index (χ3v) is 4.45. The molecule has 0 amide bonds. The monoisotopic (exact) mass is 316 g/mol. The Morgan fingerprint density at radius 3 is 2.68 bits per heavy atom. The summed E-state index contributed by atoms with van der Waals surface area (Å²) in [6.07, 6.45) is 3.98. The van der Waals surface area contributed by atoms with E-state index in [1.54, 1.807) is 11.3 Å². The average Bonchev–Trinajstić information content (AvgIpc) is 2.99. The molecule has 0 radical (unpaired) electrons. The molecule has 0 bridgehead atoms. The second-order valence-corrected chi connectivity index (χ2v) is 6.47. The molecule has 0 aliphatic rings. The highest BCUT2D eigenvalue weighted by atomic mass is 32.1. The van der Waals surface area contributed by atoms with Crippen molar-refractivity contribution < 1.29 is 0 Å². The van der Waals surface area contributed by atoms with Crippen molar-refractivity contribution >= 4 is 17.3 Å². The fourth-order valence-electron chi connectivity index (χ4n) is 2.01. The molecule has 0 atom stereocenters. The molecule has 1 heterocycles. The smallest absolute Gasteiger partial charge is 0.193 e. The number of benzene rings is 1. The molecule has 0 saturated heterocycles. The highest BCUT2D eigenvalue weighted by molar-refractivity contribution is 7.11. The van der Waals surface area contributed by atoms with Gasteiger partial charge in [0.25, 0.3) is 0 Å². The van der Waals surface area contributed by atoms with Crippen LogP contribution in [0.15, 0.2) is 41.5 Å². The average molecular weight is 316 g/mol. The summed E-state index contributed by atoms with van der Waals surface area (Å²) < 4.78 is 0. The summed E-state index contributed by atoms with van der Waals surface area (Å²) in [5.74, 6) is 0.913. The second kappa shape index (κ2) is 8.54. The maximum Gasteiger partial charge on any atom is 0.193 e. The lowest BCUT2D eigenvalue weighted by atomic mass is 10.2. The lowest BCUT2D eigenvalue weighted by Crippen LogP contribution is -2.37. The van der Waals surface area contributed by atoms with Gasteiger partial charge in [0.2, 0.25) is 0 Å². The largest absolute Gasteiger partial charge is 0.356 e. The summed E-state index contributed by atoms with van der Waals surface area (Å²) in [5, 5.41) is 4.59. The van der Waals surface area contributed by atoms with E-state index in [2.05, 4.69) is 34.3 Å². The van der Waals surface area contributed by atoms with E-state index < -0.39 is 0 Å². The van der Waals surface area contributed by atoms with Gasteiger partial charge in [-0.05, 0) is 12.0 Å². The van der Waals surface area contributed by atoms with Gasteiger partial charge in [-0.15, -0.1) is 11.3 Å². The summed E-state index contributed by atoms with van der Waals surface area (Å²) in [5.41, 5.74) is 1.22. The Hall–Kier alpha value is -1.88. The van der Waals surface area contributed by atoms with Crippen LogP contribution in [0.5, 0.6) is 0 Å². The van der Waals surface area contributed by atoms with E-state index >= 15 is 0 Å². The molecular formula is C17H24N4S. The summed E-state index contributed by atoms with van der Waals surface area (Å²) in [4.78, 5) is 12.5. The van der Waals surface area contributed by atoms with E-state index in [9.17, 15) is 0 Å². The molecule has 1 N–H and O–H groups in total. The molecule has 4 nitrogen and oxygen atoms in total. The van der Waals surface area contributed by atoms with E-state index in [1.165, 1.54) is 15.4 Å². The number of guanidine groups is 1. The van der Waals surface area contributed by atoms with Crippen LogP contribution in [0, 0.1) is 0 Å². The predicted octanol–water partition coefficient (Wildman–Crippen LogP) is 2.96. The van der Waals surface area contributed by atoms with Crippen LogP contribution in [-0.2, 0) is 19.4 Å². The highest BCUT2D eigenvalue weighted by Crippen LogP contribution is 2.13. The lowest BCUT2D eigenvalue weighted by Gasteiger charge is -2.17. The minimum Gasteiger partial charge on any atom is -0.356 e. The Morgan fingerprint density at radius 1 is 1.27 bits per heavy atom. The maximum atomic E-state index is 4.66. The van der Waals surface area contributed by atoms with Crippen LogP contribution in [0.3, 0.4) is 0 Å². The first-order valence-electron chi connectivity index (χ1n) is 7.62. The van der Waals surface area contributed by atoms with Crippen LogP contribution in [0.1, 0.15) is 22.4 Å². The number of hydrogen-bond donors (Lipinski definition) is 1. The highest BCUT2D eigenvalue weighted by Gasteiger charge is 2.04.